The summed E-state index contributed by atoms with van der Waals surface area (Å²) in [5.74, 6) is 1.85. The lowest BCUT2D eigenvalue weighted by molar-refractivity contribution is -0.116. The van der Waals surface area contributed by atoms with E-state index in [2.05, 4.69) is 30.2 Å². The Balaban J connectivity index is 1.82. The minimum atomic E-state index is -0.0658. The van der Waals surface area contributed by atoms with Crippen LogP contribution in [0.5, 0.6) is 11.5 Å². The molecule has 2 aliphatic heterocycles. The van der Waals surface area contributed by atoms with Crippen LogP contribution in [-0.2, 0) is 10.2 Å². The SMILES string of the molecule is CN1CCC2(c3ccc4c(c3)OCO4)C=CC(=O)CC12. The van der Waals surface area contributed by atoms with Crippen molar-refractivity contribution in [3.63, 3.8) is 0 Å². The van der Waals surface area contributed by atoms with Gasteiger partial charge >= 0.3 is 0 Å². The van der Waals surface area contributed by atoms with Crippen LogP contribution in [0.4, 0.5) is 0 Å². The molecule has 2 atom stereocenters. The first-order valence-electron chi connectivity index (χ1n) is 7.01. The lowest BCUT2D eigenvalue weighted by atomic mass is 9.69. The molecule has 4 nitrogen and oxygen atoms in total. The van der Waals surface area contributed by atoms with Gasteiger partial charge < -0.3 is 14.4 Å². The first kappa shape index (κ1) is 12.0. The second-order valence-electron chi connectivity index (χ2n) is 5.86. The Bertz CT molecular complexity index is 610. The molecular formula is C16H17NO3. The molecule has 1 aromatic rings. The zero-order chi connectivity index (χ0) is 13.7. The lowest BCUT2D eigenvalue weighted by Crippen LogP contribution is -2.43. The standard InChI is InChI=1S/C16H17NO3/c1-17-7-6-16(5-4-12(18)9-15(16)17)11-2-3-13-14(8-11)20-10-19-13/h2-5,8,15H,6-7,9-10H2,1H3. The smallest absolute Gasteiger partial charge is 0.231 e. The molecule has 1 fully saturated rings. The van der Waals surface area contributed by atoms with Gasteiger partial charge in [-0.1, -0.05) is 12.1 Å². The molecule has 2 heterocycles. The zero-order valence-corrected chi connectivity index (χ0v) is 11.5. The highest BCUT2D eigenvalue weighted by atomic mass is 16.7. The maximum absolute atomic E-state index is 11.8. The number of ketones is 1. The normalized spacial score (nSPS) is 31.6. The summed E-state index contributed by atoms with van der Waals surface area (Å²) in [4.78, 5) is 14.1. The minimum absolute atomic E-state index is 0.0658. The first-order chi connectivity index (χ1) is 9.69. The third-order valence-corrected chi connectivity index (χ3v) is 4.88. The highest BCUT2D eigenvalue weighted by Crippen LogP contribution is 2.47. The predicted octanol–water partition coefficient (Wildman–Crippen LogP) is 1.89. The van der Waals surface area contributed by atoms with Crippen LogP contribution in [0, 0.1) is 0 Å². The number of hydrogen-bond acceptors (Lipinski definition) is 4. The van der Waals surface area contributed by atoms with Crippen LogP contribution < -0.4 is 9.47 Å². The number of likely N-dealkylation sites (N-methyl/N-ethyl adjacent to an activating group) is 1. The molecule has 4 heteroatoms. The Hall–Kier alpha value is -1.81. The van der Waals surface area contributed by atoms with Crippen molar-refractivity contribution in [2.75, 3.05) is 20.4 Å². The average molecular weight is 271 g/mol. The van der Waals surface area contributed by atoms with Gasteiger partial charge in [0, 0.05) is 17.9 Å². The Labute approximate surface area is 118 Å². The number of likely N-dealkylation sites (tertiary alicyclic amines) is 1. The van der Waals surface area contributed by atoms with E-state index in [-0.39, 0.29) is 17.2 Å². The number of benzene rings is 1. The largest absolute Gasteiger partial charge is 0.454 e. The van der Waals surface area contributed by atoms with Crippen molar-refractivity contribution in [3.8, 4) is 11.5 Å². The van der Waals surface area contributed by atoms with E-state index >= 15 is 0 Å². The molecule has 0 aromatic heterocycles. The van der Waals surface area contributed by atoms with Crippen molar-refractivity contribution in [1.29, 1.82) is 0 Å². The van der Waals surface area contributed by atoms with E-state index < -0.39 is 0 Å². The van der Waals surface area contributed by atoms with Crippen molar-refractivity contribution >= 4 is 5.78 Å². The molecule has 1 aliphatic carbocycles. The van der Waals surface area contributed by atoms with Crippen molar-refractivity contribution < 1.29 is 14.3 Å². The summed E-state index contributed by atoms with van der Waals surface area (Å²) >= 11 is 0. The lowest BCUT2D eigenvalue weighted by Gasteiger charge is -2.37. The molecule has 20 heavy (non-hydrogen) atoms. The Morgan fingerprint density at radius 1 is 1.30 bits per heavy atom. The van der Waals surface area contributed by atoms with E-state index in [1.54, 1.807) is 6.08 Å². The van der Waals surface area contributed by atoms with E-state index in [0.717, 1.165) is 24.5 Å². The van der Waals surface area contributed by atoms with Crippen LogP contribution in [0.15, 0.2) is 30.4 Å². The molecule has 1 aromatic carbocycles. The molecular weight excluding hydrogens is 254 g/mol. The molecule has 0 spiro atoms. The predicted molar refractivity (Wildman–Crippen MR) is 74.0 cm³/mol. The molecule has 0 saturated carbocycles. The first-order valence-corrected chi connectivity index (χ1v) is 7.01. The van der Waals surface area contributed by atoms with Gasteiger partial charge in [-0.05, 0) is 43.8 Å². The van der Waals surface area contributed by atoms with E-state index in [4.69, 9.17) is 9.47 Å². The van der Waals surface area contributed by atoms with Gasteiger partial charge in [0.25, 0.3) is 0 Å². The van der Waals surface area contributed by atoms with Crippen LogP contribution in [0.1, 0.15) is 18.4 Å². The van der Waals surface area contributed by atoms with Crippen LogP contribution in [-0.4, -0.2) is 37.1 Å². The number of fused-ring (bicyclic) bond motifs is 2. The Morgan fingerprint density at radius 2 is 2.15 bits per heavy atom. The Kier molecular flexibility index (Phi) is 2.45. The topological polar surface area (TPSA) is 38.8 Å². The summed E-state index contributed by atoms with van der Waals surface area (Å²) in [6.07, 6.45) is 5.49. The molecule has 104 valence electrons. The number of ether oxygens (including phenoxy) is 2. The Morgan fingerprint density at radius 3 is 3.05 bits per heavy atom. The molecule has 4 rings (SSSR count). The molecule has 2 unspecified atom stereocenters. The van der Waals surface area contributed by atoms with Gasteiger partial charge in [0.05, 0.1) is 0 Å². The molecule has 0 N–H and O–H groups in total. The van der Waals surface area contributed by atoms with Crippen molar-refractivity contribution in [1.82, 2.24) is 4.90 Å². The summed E-state index contributed by atoms with van der Waals surface area (Å²) in [7, 11) is 2.10. The second-order valence-corrected chi connectivity index (χ2v) is 5.86. The number of allylic oxidation sites excluding steroid dienone is 1. The van der Waals surface area contributed by atoms with Gasteiger partial charge in [-0.15, -0.1) is 0 Å². The summed E-state index contributed by atoms with van der Waals surface area (Å²) in [5.41, 5.74) is 1.16. The van der Waals surface area contributed by atoms with Gasteiger partial charge in [0.1, 0.15) is 0 Å². The molecule has 0 radical (unpaired) electrons. The monoisotopic (exact) mass is 271 g/mol. The van der Waals surface area contributed by atoms with Crippen LogP contribution in [0.2, 0.25) is 0 Å². The highest BCUT2D eigenvalue weighted by Gasteiger charge is 2.48. The van der Waals surface area contributed by atoms with Gasteiger partial charge in [-0.3, -0.25) is 4.79 Å². The van der Waals surface area contributed by atoms with Gasteiger partial charge in [-0.25, -0.2) is 0 Å². The van der Waals surface area contributed by atoms with Gasteiger partial charge in [-0.2, -0.15) is 0 Å². The molecule has 0 amide bonds. The van der Waals surface area contributed by atoms with Crippen LogP contribution in [0.3, 0.4) is 0 Å². The van der Waals surface area contributed by atoms with Crippen molar-refractivity contribution in [2.45, 2.75) is 24.3 Å². The number of carbonyl (C=O) groups is 1. The van der Waals surface area contributed by atoms with Crippen LogP contribution in [0.25, 0.3) is 0 Å². The van der Waals surface area contributed by atoms with Crippen molar-refractivity contribution in [2.24, 2.45) is 0 Å². The summed E-state index contributed by atoms with van der Waals surface area (Å²) < 4.78 is 10.9. The summed E-state index contributed by atoms with van der Waals surface area (Å²) in [6.45, 7) is 1.31. The third-order valence-electron chi connectivity index (χ3n) is 4.88. The third kappa shape index (κ3) is 1.54. The molecule has 1 saturated heterocycles. The average Bonchev–Trinajstić information content (AvgIpc) is 3.04. The summed E-state index contributed by atoms with van der Waals surface area (Å²) in [6, 6.07) is 6.42. The fraction of sp³-hybridized carbons (Fsp3) is 0.438. The highest BCUT2D eigenvalue weighted by molar-refractivity contribution is 5.92. The van der Waals surface area contributed by atoms with Gasteiger partial charge in [0.15, 0.2) is 17.3 Å². The van der Waals surface area contributed by atoms with Crippen LogP contribution >= 0.6 is 0 Å². The van der Waals surface area contributed by atoms with Gasteiger partial charge in [0.2, 0.25) is 6.79 Å². The molecule has 3 aliphatic rings. The van der Waals surface area contributed by atoms with E-state index in [1.165, 1.54) is 5.56 Å². The van der Waals surface area contributed by atoms with E-state index in [1.807, 2.05) is 6.07 Å². The second kappa shape index (κ2) is 4.09. The molecule has 0 bridgehead atoms. The van der Waals surface area contributed by atoms with Crippen molar-refractivity contribution in [3.05, 3.63) is 35.9 Å². The van der Waals surface area contributed by atoms with E-state index in [0.29, 0.717) is 13.2 Å². The maximum atomic E-state index is 11.8. The quantitative estimate of drug-likeness (QED) is 0.782. The fourth-order valence-electron chi connectivity index (χ4n) is 3.73. The van der Waals surface area contributed by atoms with E-state index in [9.17, 15) is 4.79 Å². The number of nitrogens with zero attached hydrogens (tertiary/aromatic N) is 1. The number of rotatable bonds is 1. The maximum Gasteiger partial charge on any atom is 0.231 e. The zero-order valence-electron chi connectivity index (χ0n) is 11.5. The minimum Gasteiger partial charge on any atom is -0.454 e. The fourth-order valence-corrected chi connectivity index (χ4v) is 3.73. The number of carbonyl (C=O) groups excluding carboxylic acids is 1. The summed E-state index contributed by atoms with van der Waals surface area (Å²) in [5, 5.41) is 0. The number of hydrogen-bond donors (Lipinski definition) is 0.